The Labute approximate surface area is 193 Å². The average molecular weight is 470 g/mol. The number of imidazole rings is 1. The van der Waals surface area contributed by atoms with E-state index in [0.29, 0.717) is 40.3 Å². The standard InChI is InChI=1S/C21H17Cl2N7O2/c22-14-3-5-16(17(23)10-14)21-18(29-9-8-24-13-29)12-27-20(28-21)2-1-7-25-19-6-4-15(11-26-19)30(31)32/h3-6,8-13H,1-2,7H2,(H,25,26). The van der Waals surface area contributed by atoms with Crippen molar-refractivity contribution in [2.45, 2.75) is 12.8 Å². The molecule has 0 aliphatic carbocycles. The van der Waals surface area contributed by atoms with E-state index in [1.54, 1.807) is 36.9 Å². The zero-order valence-electron chi connectivity index (χ0n) is 16.7. The molecule has 0 unspecified atom stereocenters. The van der Waals surface area contributed by atoms with Crippen LogP contribution in [0, 0.1) is 10.1 Å². The van der Waals surface area contributed by atoms with Gasteiger partial charge in [-0.3, -0.25) is 10.1 Å². The first kappa shape index (κ1) is 21.7. The minimum Gasteiger partial charge on any atom is -0.370 e. The van der Waals surface area contributed by atoms with Crippen LogP contribution in [0.15, 0.2) is 61.4 Å². The monoisotopic (exact) mass is 469 g/mol. The van der Waals surface area contributed by atoms with Crippen LogP contribution in [-0.2, 0) is 6.42 Å². The molecule has 162 valence electrons. The lowest BCUT2D eigenvalue weighted by atomic mass is 10.1. The molecule has 4 rings (SSSR count). The molecule has 0 radical (unpaired) electrons. The summed E-state index contributed by atoms with van der Waals surface area (Å²) in [4.78, 5) is 27.6. The fraction of sp³-hybridized carbons (Fsp3) is 0.143. The van der Waals surface area contributed by atoms with Crippen molar-refractivity contribution in [2.75, 3.05) is 11.9 Å². The molecule has 3 heterocycles. The lowest BCUT2D eigenvalue weighted by Crippen LogP contribution is -2.08. The number of nitrogens with zero attached hydrogens (tertiary/aromatic N) is 6. The first-order chi connectivity index (χ1) is 15.5. The van der Waals surface area contributed by atoms with Gasteiger partial charge in [0.05, 0.1) is 33.9 Å². The molecule has 0 aliphatic heterocycles. The lowest BCUT2D eigenvalue weighted by molar-refractivity contribution is -0.385. The van der Waals surface area contributed by atoms with Crippen LogP contribution >= 0.6 is 23.2 Å². The topological polar surface area (TPSA) is 112 Å². The maximum Gasteiger partial charge on any atom is 0.287 e. The van der Waals surface area contributed by atoms with E-state index in [-0.39, 0.29) is 5.69 Å². The van der Waals surface area contributed by atoms with E-state index >= 15 is 0 Å². The second-order valence-electron chi connectivity index (χ2n) is 6.80. The van der Waals surface area contributed by atoms with E-state index in [9.17, 15) is 10.1 Å². The Bertz CT molecular complexity index is 1230. The summed E-state index contributed by atoms with van der Waals surface area (Å²) < 4.78 is 1.83. The highest BCUT2D eigenvalue weighted by Gasteiger charge is 2.15. The molecule has 0 saturated heterocycles. The van der Waals surface area contributed by atoms with E-state index in [1.807, 2.05) is 16.8 Å². The van der Waals surface area contributed by atoms with Crippen LogP contribution in [0.3, 0.4) is 0 Å². The van der Waals surface area contributed by atoms with Gasteiger partial charge in [0, 0.05) is 42.0 Å². The molecule has 1 aromatic carbocycles. The van der Waals surface area contributed by atoms with Crippen LogP contribution in [0.2, 0.25) is 10.0 Å². The van der Waals surface area contributed by atoms with Gasteiger partial charge in [-0.25, -0.2) is 19.9 Å². The molecule has 1 N–H and O–H groups in total. The summed E-state index contributed by atoms with van der Waals surface area (Å²) in [5, 5.41) is 14.9. The molecule has 0 saturated carbocycles. The minimum atomic E-state index is -0.480. The zero-order chi connectivity index (χ0) is 22.5. The number of anilines is 1. The van der Waals surface area contributed by atoms with E-state index in [1.165, 1.54) is 12.3 Å². The number of benzene rings is 1. The highest BCUT2D eigenvalue weighted by atomic mass is 35.5. The van der Waals surface area contributed by atoms with Crippen molar-refractivity contribution in [3.63, 3.8) is 0 Å². The third kappa shape index (κ3) is 5.01. The minimum absolute atomic E-state index is 0.0460. The molecule has 0 amide bonds. The molecule has 0 aliphatic rings. The Morgan fingerprint density at radius 3 is 2.69 bits per heavy atom. The van der Waals surface area contributed by atoms with Gasteiger partial charge in [0.25, 0.3) is 5.69 Å². The van der Waals surface area contributed by atoms with E-state index in [2.05, 4.69) is 20.3 Å². The molecule has 0 spiro atoms. The Morgan fingerprint density at radius 2 is 2.00 bits per heavy atom. The number of aromatic nitrogens is 5. The highest BCUT2D eigenvalue weighted by Crippen LogP contribution is 2.32. The molecule has 0 bridgehead atoms. The van der Waals surface area contributed by atoms with Gasteiger partial charge < -0.3 is 9.88 Å². The molecular formula is C21H17Cl2N7O2. The number of halogens is 2. The van der Waals surface area contributed by atoms with E-state index in [0.717, 1.165) is 17.7 Å². The predicted molar refractivity (Wildman–Crippen MR) is 122 cm³/mol. The van der Waals surface area contributed by atoms with Crippen molar-refractivity contribution < 1.29 is 4.92 Å². The Morgan fingerprint density at radius 1 is 1.12 bits per heavy atom. The summed E-state index contributed by atoms with van der Waals surface area (Å²) in [7, 11) is 0. The first-order valence-corrected chi connectivity index (χ1v) is 10.4. The summed E-state index contributed by atoms with van der Waals surface area (Å²) in [5.74, 6) is 1.23. The van der Waals surface area contributed by atoms with Crippen molar-refractivity contribution in [2.24, 2.45) is 0 Å². The third-order valence-corrected chi connectivity index (χ3v) is 5.18. The largest absolute Gasteiger partial charge is 0.370 e. The molecular weight excluding hydrogens is 453 g/mol. The van der Waals surface area contributed by atoms with Crippen LogP contribution in [0.4, 0.5) is 11.5 Å². The Hall–Kier alpha value is -3.56. The van der Waals surface area contributed by atoms with Gasteiger partial charge in [0.1, 0.15) is 17.8 Å². The number of hydrogen-bond acceptors (Lipinski definition) is 7. The SMILES string of the molecule is O=[N+]([O-])c1ccc(NCCCc2ncc(-n3ccnc3)c(-c3ccc(Cl)cc3Cl)n2)nc1. The number of pyridine rings is 1. The van der Waals surface area contributed by atoms with Crippen LogP contribution in [0.1, 0.15) is 12.2 Å². The number of aryl methyl sites for hydroxylation is 1. The number of nitro groups is 1. The van der Waals surface area contributed by atoms with Crippen molar-refractivity contribution in [1.29, 1.82) is 0 Å². The Kier molecular flexibility index (Phi) is 6.58. The van der Waals surface area contributed by atoms with Crippen LogP contribution in [0.25, 0.3) is 16.9 Å². The van der Waals surface area contributed by atoms with Crippen molar-refractivity contribution in [3.05, 3.63) is 87.4 Å². The second-order valence-corrected chi connectivity index (χ2v) is 7.65. The van der Waals surface area contributed by atoms with Crippen LogP contribution in [-0.4, -0.2) is 36.0 Å². The lowest BCUT2D eigenvalue weighted by Gasteiger charge is -2.13. The number of nitrogens with one attached hydrogen (secondary N) is 1. The van der Waals surface area contributed by atoms with Gasteiger partial charge in [-0.05, 0) is 30.7 Å². The van der Waals surface area contributed by atoms with Gasteiger partial charge in [0.15, 0.2) is 0 Å². The van der Waals surface area contributed by atoms with Gasteiger partial charge in [-0.1, -0.05) is 23.2 Å². The maximum atomic E-state index is 10.7. The van der Waals surface area contributed by atoms with E-state index < -0.39 is 4.92 Å². The number of rotatable bonds is 8. The zero-order valence-corrected chi connectivity index (χ0v) is 18.2. The maximum absolute atomic E-state index is 10.7. The summed E-state index contributed by atoms with van der Waals surface area (Å²) in [6, 6.07) is 8.27. The third-order valence-electron chi connectivity index (χ3n) is 4.63. The molecule has 11 heteroatoms. The van der Waals surface area contributed by atoms with Gasteiger partial charge in [-0.15, -0.1) is 0 Å². The molecule has 32 heavy (non-hydrogen) atoms. The van der Waals surface area contributed by atoms with E-state index in [4.69, 9.17) is 28.2 Å². The molecule has 3 aromatic heterocycles. The van der Waals surface area contributed by atoms with Crippen LogP contribution in [0.5, 0.6) is 0 Å². The molecule has 4 aromatic rings. The molecule has 0 fully saturated rings. The van der Waals surface area contributed by atoms with Gasteiger partial charge in [0.2, 0.25) is 0 Å². The summed E-state index contributed by atoms with van der Waals surface area (Å²) in [5.41, 5.74) is 2.13. The van der Waals surface area contributed by atoms with Crippen molar-refractivity contribution in [3.8, 4) is 16.9 Å². The fourth-order valence-electron chi connectivity index (χ4n) is 3.06. The summed E-state index contributed by atoms with van der Waals surface area (Å²) >= 11 is 12.5. The quantitative estimate of drug-likeness (QED) is 0.220. The normalized spacial score (nSPS) is 10.8. The van der Waals surface area contributed by atoms with Crippen LogP contribution < -0.4 is 5.32 Å². The predicted octanol–water partition coefficient (Wildman–Crippen LogP) is 4.98. The average Bonchev–Trinajstić information content (AvgIpc) is 3.32. The van der Waals surface area contributed by atoms with Crippen molar-refractivity contribution in [1.82, 2.24) is 24.5 Å². The Balaban J connectivity index is 1.49. The van der Waals surface area contributed by atoms with Crippen molar-refractivity contribution >= 4 is 34.7 Å². The molecule has 0 atom stereocenters. The fourth-order valence-corrected chi connectivity index (χ4v) is 3.56. The van der Waals surface area contributed by atoms with Gasteiger partial charge in [-0.2, -0.15) is 0 Å². The summed E-state index contributed by atoms with van der Waals surface area (Å²) in [6.07, 6.45) is 9.48. The highest BCUT2D eigenvalue weighted by molar-refractivity contribution is 6.36. The van der Waals surface area contributed by atoms with Gasteiger partial charge >= 0.3 is 0 Å². The number of hydrogen-bond donors (Lipinski definition) is 1. The first-order valence-electron chi connectivity index (χ1n) is 9.65. The summed E-state index contributed by atoms with van der Waals surface area (Å²) in [6.45, 7) is 0.606. The second kappa shape index (κ2) is 9.71. The smallest absolute Gasteiger partial charge is 0.287 e. The molecule has 9 nitrogen and oxygen atoms in total.